The number of nitrogens with zero attached hydrogens (tertiary/aromatic N) is 4. The molecule has 1 aromatic carbocycles. The van der Waals surface area contributed by atoms with Gasteiger partial charge in [0.05, 0.1) is 18.6 Å². The summed E-state index contributed by atoms with van der Waals surface area (Å²) in [6, 6.07) is 11.4. The van der Waals surface area contributed by atoms with Crippen LogP contribution in [-0.2, 0) is 11.2 Å². The third-order valence-corrected chi connectivity index (χ3v) is 4.70. The average Bonchev–Trinajstić information content (AvgIpc) is 3.16. The lowest BCUT2D eigenvalue weighted by Crippen LogP contribution is -2.15. The van der Waals surface area contributed by atoms with Gasteiger partial charge in [0.15, 0.2) is 5.65 Å². The van der Waals surface area contributed by atoms with Crippen molar-refractivity contribution in [1.29, 1.82) is 0 Å². The van der Waals surface area contributed by atoms with Gasteiger partial charge in [-0.3, -0.25) is 14.9 Å². The number of nitrogens with one attached hydrogen (secondary N) is 1. The monoisotopic (exact) mass is 452 g/mol. The van der Waals surface area contributed by atoms with E-state index in [0.29, 0.717) is 17.0 Å². The van der Waals surface area contributed by atoms with Gasteiger partial charge in [0.2, 0.25) is 17.7 Å². The molecule has 3 heterocycles. The van der Waals surface area contributed by atoms with Crippen LogP contribution in [0, 0.1) is 0 Å². The van der Waals surface area contributed by atoms with E-state index in [9.17, 15) is 9.59 Å². The number of methoxy groups -OCH3 is 1. The molecule has 0 aliphatic heterocycles. The largest absolute Gasteiger partial charge is 0.497 e. The molecule has 0 saturated heterocycles. The molecule has 10 nitrogen and oxygen atoms in total. The number of pyridine rings is 2. The first-order chi connectivity index (χ1) is 15.4. The molecule has 0 saturated carbocycles. The highest BCUT2D eigenvalue weighted by atomic mass is 35.5. The molecule has 0 unspecified atom stereocenters. The van der Waals surface area contributed by atoms with E-state index in [1.807, 2.05) is 0 Å². The molecule has 0 aliphatic carbocycles. The number of nitrogens with two attached hydrogens (primary N) is 1. The lowest BCUT2D eigenvalue weighted by Gasteiger charge is -2.10. The average molecular weight is 453 g/mol. The van der Waals surface area contributed by atoms with Crippen LogP contribution in [0.4, 0.5) is 5.95 Å². The van der Waals surface area contributed by atoms with Crippen LogP contribution in [0.15, 0.2) is 54.9 Å². The SMILES string of the molecule is COc1ccn2nc(NC(=O)Cc3ccc(Oc4ncccc4C(N)=O)c(Cl)c3)nc2c1. The summed E-state index contributed by atoms with van der Waals surface area (Å²) in [6.45, 7) is 0. The van der Waals surface area contributed by atoms with Gasteiger partial charge in [-0.05, 0) is 35.9 Å². The molecule has 0 atom stereocenters. The second kappa shape index (κ2) is 8.90. The van der Waals surface area contributed by atoms with Gasteiger partial charge < -0.3 is 15.2 Å². The number of primary amides is 1. The van der Waals surface area contributed by atoms with E-state index in [-0.39, 0.29) is 40.5 Å². The molecule has 0 aliphatic rings. The number of ether oxygens (including phenoxy) is 2. The minimum Gasteiger partial charge on any atom is -0.497 e. The molecule has 4 rings (SSSR count). The maximum atomic E-state index is 12.4. The number of carbonyl (C=O) groups is 2. The normalized spacial score (nSPS) is 10.7. The van der Waals surface area contributed by atoms with Crippen LogP contribution in [0.5, 0.6) is 17.4 Å². The Morgan fingerprint density at radius 1 is 1.22 bits per heavy atom. The molecular formula is C21H17ClN6O4. The second-order valence-electron chi connectivity index (χ2n) is 6.62. The number of carbonyl (C=O) groups excluding carboxylic acids is 2. The molecule has 0 spiro atoms. The van der Waals surface area contributed by atoms with Crippen molar-refractivity contribution in [2.45, 2.75) is 6.42 Å². The zero-order valence-corrected chi connectivity index (χ0v) is 17.5. The molecule has 0 fully saturated rings. The van der Waals surface area contributed by atoms with Gasteiger partial charge in [-0.15, -0.1) is 5.10 Å². The van der Waals surface area contributed by atoms with E-state index in [0.717, 1.165) is 0 Å². The van der Waals surface area contributed by atoms with Crippen LogP contribution in [-0.4, -0.2) is 38.5 Å². The number of rotatable bonds is 7. The minimum absolute atomic E-state index is 0.0367. The van der Waals surface area contributed by atoms with Crippen molar-refractivity contribution >= 4 is 35.0 Å². The van der Waals surface area contributed by atoms with E-state index in [2.05, 4.69) is 20.4 Å². The highest BCUT2D eigenvalue weighted by Crippen LogP contribution is 2.31. The van der Waals surface area contributed by atoms with Crippen molar-refractivity contribution < 1.29 is 19.1 Å². The Morgan fingerprint density at radius 2 is 2.06 bits per heavy atom. The molecule has 32 heavy (non-hydrogen) atoms. The van der Waals surface area contributed by atoms with Crippen LogP contribution in [0.1, 0.15) is 15.9 Å². The van der Waals surface area contributed by atoms with Crippen LogP contribution in [0.25, 0.3) is 5.65 Å². The van der Waals surface area contributed by atoms with Crippen molar-refractivity contribution in [3.8, 4) is 17.4 Å². The number of anilines is 1. The maximum absolute atomic E-state index is 12.4. The smallest absolute Gasteiger partial charge is 0.254 e. The summed E-state index contributed by atoms with van der Waals surface area (Å²) in [5.41, 5.74) is 6.64. The van der Waals surface area contributed by atoms with Crippen LogP contribution in [0.2, 0.25) is 5.02 Å². The maximum Gasteiger partial charge on any atom is 0.254 e. The third-order valence-electron chi connectivity index (χ3n) is 4.40. The molecule has 3 aromatic heterocycles. The van der Waals surface area contributed by atoms with Crippen molar-refractivity contribution in [2.75, 3.05) is 12.4 Å². The Labute approximate surface area is 186 Å². The van der Waals surface area contributed by atoms with E-state index >= 15 is 0 Å². The van der Waals surface area contributed by atoms with Gasteiger partial charge >= 0.3 is 0 Å². The van der Waals surface area contributed by atoms with Gasteiger partial charge in [0.25, 0.3) is 5.91 Å². The van der Waals surface area contributed by atoms with Crippen molar-refractivity contribution in [3.05, 3.63) is 71.0 Å². The molecule has 162 valence electrons. The quantitative estimate of drug-likeness (QED) is 0.440. The number of hydrogen-bond donors (Lipinski definition) is 2. The summed E-state index contributed by atoms with van der Waals surface area (Å²) in [7, 11) is 1.55. The fourth-order valence-corrected chi connectivity index (χ4v) is 3.14. The molecule has 2 amide bonds. The Kier molecular flexibility index (Phi) is 5.86. The summed E-state index contributed by atoms with van der Waals surface area (Å²) in [5.74, 6) is 0.126. The van der Waals surface area contributed by atoms with Crippen molar-refractivity contribution in [1.82, 2.24) is 19.6 Å². The number of hydrogen-bond acceptors (Lipinski definition) is 7. The first kappa shape index (κ1) is 21.1. The topological polar surface area (TPSA) is 134 Å². The van der Waals surface area contributed by atoms with E-state index in [4.69, 9.17) is 26.8 Å². The summed E-state index contributed by atoms with van der Waals surface area (Å²) in [6.07, 6.45) is 3.19. The highest BCUT2D eigenvalue weighted by Gasteiger charge is 2.14. The van der Waals surface area contributed by atoms with Crippen LogP contribution in [0.3, 0.4) is 0 Å². The van der Waals surface area contributed by atoms with Crippen molar-refractivity contribution in [3.63, 3.8) is 0 Å². The fourth-order valence-electron chi connectivity index (χ4n) is 2.90. The number of halogens is 1. The first-order valence-corrected chi connectivity index (χ1v) is 9.72. The Bertz CT molecular complexity index is 1320. The summed E-state index contributed by atoms with van der Waals surface area (Å²) in [4.78, 5) is 32.2. The molecule has 0 radical (unpaired) electrons. The summed E-state index contributed by atoms with van der Waals surface area (Å²) < 4.78 is 12.3. The number of amides is 2. The minimum atomic E-state index is -0.670. The summed E-state index contributed by atoms with van der Waals surface area (Å²) >= 11 is 6.30. The van der Waals surface area contributed by atoms with Gasteiger partial charge in [0, 0.05) is 18.5 Å². The molecule has 3 N–H and O–H groups in total. The van der Waals surface area contributed by atoms with E-state index in [1.54, 1.807) is 49.7 Å². The fraction of sp³-hybridized carbons (Fsp3) is 0.0952. The Morgan fingerprint density at radius 3 is 2.81 bits per heavy atom. The van der Waals surface area contributed by atoms with Gasteiger partial charge in [-0.1, -0.05) is 17.7 Å². The van der Waals surface area contributed by atoms with Gasteiger partial charge in [-0.25, -0.2) is 9.50 Å². The third kappa shape index (κ3) is 4.60. The van der Waals surface area contributed by atoms with E-state index < -0.39 is 5.91 Å². The van der Waals surface area contributed by atoms with Gasteiger partial charge in [-0.2, -0.15) is 4.98 Å². The molecule has 11 heteroatoms. The molecular weight excluding hydrogens is 436 g/mol. The number of fused-ring (bicyclic) bond motifs is 1. The molecule has 0 bridgehead atoms. The number of aromatic nitrogens is 4. The lowest BCUT2D eigenvalue weighted by molar-refractivity contribution is -0.115. The first-order valence-electron chi connectivity index (χ1n) is 9.34. The lowest BCUT2D eigenvalue weighted by atomic mass is 10.1. The predicted octanol–water partition coefficient (Wildman–Crippen LogP) is 2.86. The second-order valence-corrected chi connectivity index (χ2v) is 7.02. The van der Waals surface area contributed by atoms with Crippen LogP contribution >= 0.6 is 11.6 Å². The van der Waals surface area contributed by atoms with Crippen molar-refractivity contribution in [2.24, 2.45) is 5.73 Å². The molecule has 4 aromatic rings. The van der Waals surface area contributed by atoms with Gasteiger partial charge in [0.1, 0.15) is 17.1 Å². The zero-order chi connectivity index (χ0) is 22.7. The predicted molar refractivity (Wildman–Crippen MR) is 116 cm³/mol. The standard InChI is InChI=1S/C21H17ClN6O4/c1-31-13-6-8-28-17(11-13)25-21(27-28)26-18(29)10-12-4-5-16(15(22)9-12)32-20-14(19(23)30)3-2-7-24-20/h2-9,11H,10H2,1H3,(H2,23,30)(H,26,27,29). The van der Waals surface area contributed by atoms with Crippen LogP contribution < -0.4 is 20.5 Å². The Hall–Kier alpha value is -4.18. The zero-order valence-electron chi connectivity index (χ0n) is 16.8. The summed E-state index contributed by atoms with van der Waals surface area (Å²) in [5, 5.41) is 7.10. The Balaban J connectivity index is 1.44. The van der Waals surface area contributed by atoms with E-state index in [1.165, 1.54) is 16.8 Å². The number of benzene rings is 1. The highest BCUT2D eigenvalue weighted by molar-refractivity contribution is 6.32.